The molecule has 1 heterocycles. The largest absolute Gasteiger partial charge is 0.340 e. The molecular formula is C12H16N4O3S. The number of aryl methyl sites for hydroxylation is 1. The first-order chi connectivity index (χ1) is 9.53. The van der Waals surface area contributed by atoms with Crippen LogP contribution in [0, 0.1) is 6.92 Å². The maximum Gasteiger partial charge on any atom is 0.240 e. The molecule has 7 nitrogen and oxygen atoms in total. The second-order valence-corrected chi connectivity index (χ2v) is 5.92. The molecule has 20 heavy (non-hydrogen) atoms. The number of hydrogen-bond donors (Lipinski definition) is 2. The van der Waals surface area contributed by atoms with Crippen molar-refractivity contribution in [2.24, 2.45) is 5.73 Å². The highest BCUT2D eigenvalue weighted by atomic mass is 32.2. The van der Waals surface area contributed by atoms with E-state index in [1.165, 1.54) is 6.07 Å². The van der Waals surface area contributed by atoms with E-state index >= 15 is 0 Å². The fourth-order valence-electron chi connectivity index (χ4n) is 1.75. The van der Waals surface area contributed by atoms with Crippen LogP contribution in [0.1, 0.15) is 17.3 Å². The van der Waals surface area contributed by atoms with Crippen LogP contribution in [-0.4, -0.2) is 25.1 Å². The van der Waals surface area contributed by atoms with Crippen molar-refractivity contribution in [3.05, 3.63) is 41.5 Å². The minimum absolute atomic E-state index is 0.168. The van der Waals surface area contributed by atoms with Crippen LogP contribution in [-0.2, 0) is 23.0 Å². The molecule has 0 spiro atoms. The van der Waals surface area contributed by atoms with E-state index in [1.807, 2.05) is 0 Å². The maximum absolute atomic E-state index is 12.2. The van der Waals surface area contributed by atoms with Crippen molar-refractivity contribution >= 4 is 10.0 Å². The van der Waals surface area contributed by atoms with Gasteiger partial charge < -0.3 is 10.3 Å². The molecule has 0 atom stereocenters. The van der Waals surface area contributed by atoms with Crippen LogP contribution in [0.15, 0.2) is 33.7 Å². The summed E-state index contributed by atoms with van der Waals surface area (Å²) in [5.41, 5.74) is 6.12. The molecule has 0 amide bonds. The molecule has 2 rings (SSSR count). The normalized spacial score (nSPS) is 11.7. The zero-order chi connectivity index (χ0) is 14.6. The SMILES string of the molecule is Cc1nc(CCNS(=O)(=O)c2ccccc2CN)no1. The standard InChI is InChI=1S/C12H16N4O3S/c1-9-15-12(16-19-9)6-7-14-20(17,18)11-5-3-2-4-10(11)8-13/h2-5,14H,6-8,13H2,1H3. The average molecular weight is 296 g/mol. The molecule has 1 aromatic heterocycles. The number of benzene rings is 1. The van der Waals surface area contributed by atoms with Crippen molar-refractivity contribution in [2.75, 3.05) is 6.54 Å². The summed E-state index contributed by atoms with van der Waals surface area (Å²) in [6.07, 6.45) is 0.362. The van der Waals surface area contributed by atoms with Crippen molar-refractivity contribution in [2.45, 2.75) is 24.8 Å². The van der Waals surface area contributed by atoms with E-state index in [2.05, 4.69) is 14.9 Å². The van der Waals surface area contributed by atoms with Gasteiger partial charge in [0, 0.05) is 26.4 Å². The highest BCUT2D eigenvalue weighted by Crippen LogP contribution is 2.14. The van der Waals surface area contributed by atoms with Gasteiger partial charge in [-0.15, -0.1) is 0 Å². The maximum atomic E-state index is 12.2. The molecule has 0 bridgehead atoms. The Bertz CT molecular complexity index is 682. The van der Waals surface area contributed by atoms with Gasteiger partial charge in [0.25, 0.3) is 0 Å². The predicted octanol–water partition coefficient (Wildman–Crippen LogP) is 0.358. The van der Waals surface area contributed by atoms with Crippen LogP contribution in [0.2, 0.25) is 0 Å². The van der Waals surface area contributed by atoms with Crippen LogP contribution in [0.5, 0.6) is 0 Å². The Morgan fingerprint density at radius 3 is 2.75 bits per heavy atom. The molecule has 0 aliphatic rings. The van der Waals surface area contributed by atoms with Gasteiger partial charge in [0.15, 0.2) is 5.82 Å². The van der Waals surface area contributed by atoms with Crippen LogP contribution < -0.4 is 10.5 Å². The Labute approximate surface area is 117 Å². The van der Waals surface area contributed by atoms with Crippen molar-refractivity contribution in [3.63, 3.8) is 0 Å². The summed E-state index contributed by atoms with van der Waals surface area (Å²) in [5.74, 6) is 0.925. The monoisotopic (exact) mass is 296 g/mol. The van der Waals surface area contributed by atoms with Crippen molar-refractivity contribution in [1.29, 1.82) is 0 Å². The molecule has 8 heteroatoms. The number of aromatic nitrogens is 2. The number of rotatable bonds is 6. The third-order valence-corrected chi connectivity index (χ3v) is 4.25. The average Bonchev–Trinajstić information content (AvgIpc) is 2.84. The van der Waals surface area contributed by atoms with E-state index in [1.54, 1.807) is 25.1 Å². The van der Waals surface area contributed by atoms with E-state index in [-0.39, 0.29) is 18.0 Å². The molecule has 0 radical (unpaired) electrons. The van der Waals surface area contributed by atoms with E-state index < -0.39 is 10.0 Å². The molecule has 0 unspecified atom stereocenters. The Hall–Kier alpha value is -1.77. The quantitative estimate of drug-likeness (QED) is 0.796. The summed E-state index contributed by atoms with van der Waals surface area (Å²) in [6.45, 7) is 2.04. The van der Waals surface area contributed by atoms with Gasteiger partial charge in [-0.3, -0.25) is 0 Å². The molecule has 0 aliphatic heterocycles. The lowest BCUT2D eigenvalue weighted by atomic mass is 10.2. The van der Waals surface area contributed by atoms with Gasteiger partial charge in [-0.2, -0.15) is 4.98 Å². The van der Waals surface area contributed by atoms with Crippen LogP contribution in [0.25, 0.3) is 0 Å². The lowest BCUT2D eigenvalue weighted by Crippen LogP contribution is -2.27. The van der Waals surface area contributed by atoms with Crippen molar-refractivity contribution in [3.8, 4) is 0 Å². The first-order valence-electron chi connectivity index (χ1n) is 6.10. The third kappa shape index (κ3) is 3.41. The number of hydrogen-bond acceptors (Lipinski definition) is 6. The fourth-order valence-corrected chi connectivity index (χ4v) is 3.03. The van der Waals surface area contributed by atoms with Gasteiger partial charge in [-0.05, 0) is 11.6 Å². The molecule has 0 fully saturated rings. The fraction of sp³-hybridized carbons (Fsp3) is 0.333. The summed E-state index contributed by atoms with van der Waals surface area (Å²) < 4.78 is 31.7. The highest BCUT2D eigenvalue weighted by molar-refractivity contribution is 7.89. The van der Waals surface area contributed by atoms with E-state index in [9.17, 15) is 8.42 Å². The minimum Gasteiger partial charge on any atom is -0.340 e. The predicted molar refractivity (Wildman–Crippen MR) is 72.3 cm³/mol. The second kappa shape index (κ2) is 6.12. The van der Waals surface area contributed by atoms with E-state index in [0.717, 1.165) is 0 Å². The Morgan fingerprint density at radius 1 is 1.35 bits per heavy atom. The Kier molecular flexibility index (Phi) is 4.48. The van der Waals surface area contributed by atoms with Crippen LogP contribution in [0.4, 0.5) is 0 Å². The van der Waals surface area contributed by atoms with Gasteiger partial charge in [0.05, 0.1) is 4.90 Å². The summed E-state index contributed by atoms with van der Waals surface area (Å²) in [7, 11) is -3.58. The lowest BCUT2D eigenvalue weighted by Gasteiger charge is -2.09. The molecule has 108 valence electrons. The first-order valence-corrected chi connectivity index (χ1v) is 7.58. The molecule has 2 aromatic rings. The molecule has 0 saturated carbocycles. The topological polar surface area (TPSA) is 111 Å². The lowest BCUT2D eigenvalue weighted by molar-refractivity contribution is 0.387. The summed E-state index contributed by atoms with van der Waals surface area (Å²) >= 11 is 0. The van der Waals surface area contributed by atoms with Gasteiger partial charge in [-0.1, -0.05) is 23.4 Å². The van der Waals surface area contributed by atoms with Crippen molar-refractivity contribution in [1.82, 2.24) is 14.9 Å². The van der Waals surface area contributed by atoms with Crippen LogP contribution in [0.3, 0.4) is 0 Å². The highest BCUT2D eigenvalue weighted by Gasteiger charge is 2.17. The first kappa shape index (κ1) is 14.6. The number of nitrogens with zero attached hydrogens (tertiary/aromatic N) is 2. The van der Waals surface area contributed by atoms with Gasteiger partial charge in [0.1, 0.15) is 0 Å². The molecular weight excluding hydrogens is 280 g/mol. The van der Waals surface area contributed by atoms with Gasteiger partial charge in [0.2, 0.25) is 15.9 Å². The van der Waals surface area contributed by atoms with E-state index in [0.29, 0.717) is 23.7 Å². The minimum atomic E-state index is -3.58. The number of nitrogens with one attached hydrogen (secondary N) is 1. The van der Waals surface area contributed by atoms with Crippen molar-refractivity contribution < 1.29 is 12.9 Å². The molecule has 0 saturated heterocycles. The molecule has 0 aliphatic carbocycles. The number of sulfonamides is 1. The second-order valence-electron chi connectivity index (χ2n) is 4.19. The number of nitrogens with two attached hydrogens (primary N) is 1. The zero-order valence-corrected chi connectivity index (χ0v) is 11.9. The van der Waals surface area contributed by atoms with E-state index in [4.69, 9.17) is 10.3 Å². The smallest absolute Gasteiger partial charge is 0.240 e. The molecule has 1 aromatic carbocycles. The Morgan fingerprint density at radius 2 is 2.10 bits per heavy atom. The van der Waals surface area contributed by atoms with Gasteiger partial charge >= 0.3 is 0 Å². The summed E-state index contributed by atoms with van der Waals surface area (Å²) in [4.78, 5) is 4.20. The molecule has 3 N–H and O–H groups in total. The van der Waals surface area contributed by atoms with Gasteiger partial charge in [-0.25, -0.2) is 13.1 Å². The summed E-state index contributed by atoms with van der Waals surface area (Å²) in [6, 6.07) is 6.64. The third-order valence-electron chi connectivity index (χ3n) is 2.69. The zero-order valence-electron chi connectivity index (χ0n) is 11.0. The Balaban J connectivity index is 2.04. The van der Waals surface area contributed by atoms with Crippen LogP contribution >= 0.6 is 0 Å². The summed E-state index contributed by atoms with van der Waals surface area (Å²) in [5, 5.41) is 3.70.